The molecule has 1 amide bonds. The average Bonchev–Trinajstić information content (AvgIpc) is 3.35. The summed E-state index contributed by atoms with van der Waals surface area (Å²) < 4.78 is 32.3. The van der Waals surface area contributed by atoms with Crippen LogP contribution in [0.5, 0.6) is 0 Å². The van der Waals surface area contributed by atoms with Gasteiger partial charge in [0.15, 0.2) is 0 Å². The lowest BCUT2D eigenvalue weighted by Crippen LogP contribution is -2.31. The minimum absolute atomic E-state index is 0.00128. The molecule has 0 radical (unpaired) electrons. The number of carbonyl (C=O) groups is 1. The van der Waals surface area contributed by atoms with Crippen molar-refractivity contribution < 1.29 is 18.1 Å². The number of hydrogen-bond acceptors (Lipinski definition) is 5. The van der Waals surface area contributed by atoms with Gasteiger partial charge in [-0.05, 0) is 47.4 Å². The Morgan fingerprint density at radius 2 is 2.23 bits per heavy atom. The van der Waals surface area contributed by atoms with E-state index < -0.39 is 11.6 Å². The maximum atomic E-state index is 13.9. The molecule has 4 rings (SSSR count). The Bertz CT molecular complexity index is 926. The molecule has 3 aromatic rings. The third-order valence-electron chi connectivity index (χ3n) is 4.41. The Hall–Kier alpha value is -2.61. The van der Waals surface area contributed by atoms with Gasteiger partial charge in [-0.25, -0.2) is 8.78 Å². The van der Waals surface area contributed by atoms with Gasteiger partial charge >= 0.3 is 0 Å². The first-order valence-electron chi connectivity index (χ1n) is 8.21. The highest BCUT2D eigenvalue weighted by molar-refractivity contribution is 7.08. The number of likely N-dealkylation sites (tertiary alicyclic amines) is 1. The van der Waals surface area contributed by atoms with E-state index >= 15 is 0 Å². The average molecular weight is 375 g/mol. The van der Waals surface area contributed by atoms with Crippen molar-refractivity contribution >= 4 is 17.2 Å². The first-order valence-corrected chi connectivity index (χ1v) is 9.15. The number of hydrogen-bond donors (Lipinski definition) is 0. The molecule has 8 heteroatoms. The van der Waals surface area contributed by atoms with Crippen LogP contribution in [0.3, 0.4) is 0 Å². The predicted molar refractivity (Wildman–Crippen MR) is 91.4 cm³/mol. The van der Waals surface area contributed by atoms with Crippen LogP contribution in [0.2, 0.25) is 0 Å². The predicted octanol–water partition coefficient (Wildman–Crippen LogP) is 3.98. The van der Waals surface area contributed by atoms with E-state index in [-0.39, 0.29) is 29.2 Å². The molecule has 3 heterocycles. The molecule has 0 unspecified atom stereocenters. The van der Waals surface area contributed by atoms with Gasteiger partial charge in [-0.2, -0.15) is 16.3 Å². The fraction of sp³-hybridized carbons (Fsp3) is 0.278. The van der Waals surface area contributed by atoms with Crippen LogP contribution in [0.15, 0.2) is 39.5 Å². The molecule has 1 saturated heterocycles. The van der Waals surface area contributed by atoms with Crippen molar-refractivity contribution in [1.82, 2.24) is 15.0 Å². The zero-order chi connectivity index (χ0) is 18.1. The maximum absolute atomic E-state index is 13.9. The molecule has 0 aliphatic carbocycles. The van der Waals surface area contributed by atoms with Crippen molar-refractivity contribution in [2.45, 2.75) is 25.3 Å². The molecule has 0 saturated carbocycles. The fourth-order valence-electron chi connectivity index (χ4n) is 3.14. The molecule has 1 atom stereocenters. The van der Waals surface area contributed by atoms with Gasteiger partial charge in [0.2, 0.25) is 17.6 Å². The molecular formula is C18H15F2N3O2S. The number of nitrogens with zero attached hydrogens (tertiary/aromatic N) is 3. The van der Waals surface area contributed by atoms with Crippen molar-refractivity contribution in [3.05, 3.63) is 58.1 Å². The highest BCUT2D eigenvalue weighted by Gasteiger charge is 2.34. The van der Waals surface area contributed by atoms with Crippen molar-refractivity contribution in [1.29, 1.82) is 0 Å². The summed E-state index contributed by atoms with van der Waals surface area (Å²) in [6.45, 7) is 0.621. The Morgan fingerprint density at radius 1 is 1.35 bits per heavy atom. The molecular weight excluding hydrogens is 360 g/mol. The Balaban J connectivity index is 1.55. The largest absolute Gasteiger partial charge is 0.337 e. The Morgan fingerprint density at radius 3 is 3.00 bits per heavy atom. The smallest absolute Gasteiger partial charge is 0.249 e. The van der Waals surface area contributed by atoms with Gasteiger partial charge < -0.3 is 9.42 Å². The summed E-state index contributed by atoms with van der Waals surface area (Å²) in [4.78, 5) is 18.6. The number of amides is 1. The van der Waals surface area contributed by atoms with Crippen LogP contribution >= 0.6 is 11.3 Å². The van der Waals surface area contributed by atoms with Gasteiger partial charge in [0, 0.05) is 12.6 Å². The van der Waals surface area contributed by atoms with Gasteiger partial charge in [0.25, 0.3) is 0 Å². The molecule has 5 nitrogen and oxygen atoms in total. The Kier molecular flexibility index (Phi) is 4.50. The standard InChI is InChI=1S/C18H15F2N3O2S/c19-12-3-4-13(14(20)9-12)17-21-18(25-22-17)15-2-1-6-23(15)16(24)8-11-5-7-26-10-11/h3-5,7,9-10,15H,1-2,6,8H2/t15-/m1/s1. The zero-order valence-electron chi connectivity index (χ0n) is 13.7. The molecule has 1 aliphatic rings. The molecule has 0 bridgehead atoms. The number of halogens is 2. The van der Waals surface area contributed by atoms with Crippen LogP contribution in [0.4, 0.5) is 8.78 Å². The summed E-state index contributed by atoms with van der Waals surface area (Å²) in [6.07, 6.45) is 1.87. The van der Waals surface area contributed by atoms with E-state index in [9.17, 15) is 13.6 Å². The van der Waals surface area contributed by atoms with Crippen molar-refractivity contribution in [2.75, 3.05) is 6.54 Å². The lowest BCUT2D eigenvalue weighted by molar-refractivity contribution is -0.131. The summed E-state index contributed by atoms with van der Waals surface area (Å²) in [5.41, 5.74) is 1.04. The summed E-state index contributed by atoms with van der Waals surface area (Å²) in [6, 6.07) is 4.80. The van der Waals surface area contributed by atoms with E-state index in [2.05, 4.69) is 10.1 Å². The van der Waals surface area contributed by atoms with Crippen LogP contribution in [0.25, 0.3) is 11.4 Å². The van der Waals surface area contributed by atoms with E-state index in [0.29, 0.717) is 19.4 Å². The number of thiophene rings is 1. The zero-order valence-corrected chi connectivity index (χ0v) is 14.5. The highest BCUT2D eigenvalue weighted by atomic mass is 32.1. The summed E-state index contributed by atoms with van der Waals surface area (Å²) in [5, 5.41) is 7.69. The lowest BCUT2D eigenvalue weighted by Gasteiger charge is -2.21. The van der Waals surface area contributed by atoms with E-state index in [1.807, 2.05) is 16.8 Å². The van der Waals surface area contributed by atoms with Crippen LogP contribution in [0, 0.1) is 11.6 Å². The first-order chi connectivity index (χ1) is 12.6. The quantitative estimate of drug-likeness (QED) is 0.692. The van der Waals surface area contributed by atoms with Crippen molar-refractivity contribution in [2.24, 2.45) is 0 Å². The van der Waals surface area contributed by atoms with E-state index in [0.717, 1.165) is 24.1 Å². The van der Waals surface area contributed by atoms with Crippen molar-refractivity contribution in [3.8, 4) is 11.4 Å². The molecule has 134 valence electrons. The van der Waals surface area contributed by atoms with Crippen LogP contribution in [-0.2, 0) is 11.2 Å². The van der Waals surface area contributed by atoms with Gasteiger partial charge in [-0.1, -0.05) is 5.16 Å². The maximum Gasteiger partial charge on any atom is 0.249 e. The summed E-state index contributed by atoms with van der Waals surface area (Å²) in [7, 11) is 0. The van der Waals surface area contributed by atoms with Gasteiger partial charge in [0.1, 0.15) is 17.7 Å². The van der Waals surface area contributed by atoms with Gasteiger partial charge in [0.05, 0.1) is 12.0 Å². The SMILES string of the molecule is O=C(Cc1ccsc1)N1CCC[C@@H]1c1nc(-c2ccc(F)cc2F)no1. The van der Waals surface area contributed by atoms with E-state index in [1.165, 1.54) is 6.07 Å². The molecule has 1 fully saturated rings. The molecule has 1 aromatic carbocycles. The van der Waals surface area contributed by atoms with E-state index in [4.69, 9.17) is 4.52 Å². The van der Waals surface area contributed by atoms with Gasteiger partial charge in [-0.15, -0.1) is 0 Å². The van der Waals surface area contributed by atoms with Crippen LogP contribution in [0.1, 0.15) is 30.3 Å². The summed E-state index contributed by atoms with van der Waals surface area (Å²) in [5.74, 6) is -1.10. The molecule has 0 spiro atoms. The minimum atomic E-state index is -0.755. The topological polar surface area (TPSA) is 59.2 Å². The molecule has 0 N–H and O–H groups in total. The minimum Gasteiger partial charge on any atom is -0.337 e. The molecule has 26 heavy (non-hydrogen) atoms. The first kappa shape index (κ1) is 16.8. The number of benzene rings is 1. The van der Waals surface area contributed by atoms with Crippen LogP contribution < -0.4 is 0 Å². The number of aromatic nitrogens is 2. The second-order valence-corrected chi connectivity index (χ2v) is 6.91. The second-order valence-electron chi connectivity index (χ2n) is 6.13. The number of rotatable bonds is 4. The van der Waals surface area contributed by atoms with Crippen molar-refractivity contribution in [3.63, 3.8) is 0 Å². The monoisotopic (exact) mass is 375 g/mol. The normalized spacial score (nSPS) is 17.0. The fourth-order valence-corrected chi connectivity index (χ4v) is 3.81. The third-order valence-corrected chi connectivity index (χ3v) is 5.14. The van der Waals surface area contributed by atoms with Crippen LogP contribution in [-0.4, -0.2) is 27.5 Å². The van der Waals surface area contributed by atoms with Gasteiger partial charge in [-0.3, -0.25) is 4.79 Å². The molecule has 1 aliphatic heterocycles. The Labute approximate surface area is 152 Å². The third kappa shape index (κ3) is 3.24. The van der Waals surface area contributed by atoms with E-state index in [1.54, 1.807) is 16.2 Å². The summed E-state index contributed by atoms with van der Waals surface area (Å²) >= 11 is 1.55. The lowest BCUT2D eigenvalue weighted by atomic mass is 10.2. The second kappa shape index (κ2) is 6.95. The number of carbonyl (C=O) groups excluding carboxylic acids is 1. The highest BCUT2D eigenvalue weighted by Crippen LogP contribution is 2.33. The molecule has 2 aromatic heterocycles.